The van der Waals surface area contributed by atoms with Crippen molar-refractivity contribution in [2.45, 2.75) is 42.9 Å². The number of aryl methyl sites for hydroxylation is 2. The van der Waals surface area contributed by atoms with Gasteiger partial charge >= 0.3 is 0 Å². The van der Waals surface area contributed by atoms with E-state index in [2.05, 4.69) is 98.8 Å². The average molecular weight is 519 g/mol. The number of hydrogen-bond donors (Lipinski definition) is 0. The molecule has 0 N–H and O–H groups in total. The molecule has 0 fully saturated rings. The summed E-state index contributed by atoms with van der Waals surface area (Å²) < 4.78 is 0. The Hall–Kier alpha value is -3.08. The molecule has 2 aromatic heterocycles. The molecule has 6 aromatic rings. The number of aromatic nitrogens is 2. The van der Waals surface area contributed by atoms with Crippen LogP contribution in [-0.2, 0) is 0 Å². The highest BCUT2D eigenvalue weighted by molar-refractivity contribution is 8.00. The van der Waals surface area contributed by atoms with Crippen molar-refractivity contribution >= 4 is 67.1 Å². The van der Waals surface area contributed by atoms with Crippen LogP contribution in [-0.4, -0.2) is 21.5 Å². The van der Waals surface area contributed by atoms with Gasteiger partial charge in [0, 0.05) is 31.3 Å². The quantitative estimate of drug-likeness (QED) is 0.114. The SMILES string of the molecule is Cc1cccc2c(SCCCCCSc3c4ccccc4nc4c(C)cccc34)c3ccccc3nc12. The minimum Gasteiger partial charge on any atom is -0.247 e. The van der Waals surface area contributed by atoms with Gasteiger partial charge in [-0.05, 0) is 61.5 Å². The zero-order chi connectivity index (χ0) is 25.2. The van der Waals surface area contributed by atoms with E-state index in [0.29, 0.717) is 0 Å². The molecule has 2 heterocycles. The van der Waals surface area contributed by atoms with Gasteiger partial charge in [-0.15, -0.1) is 23.5 Å². The molecule has 0 atom stereocenters. The van der Waals surface area contributed by atoms with Gasteiger partial charge in [0.2, 0.25) is 0 Å². The Morgan fingerprint density at radius 3 is 1.41 bits per heavy atom. The molecule has 0 aliphatic carbocycles. The van der Waals surface area contributed by atoms with Crippen LogP contribution in [0.3, 0.4) is 0 Å². The molecular formula is C33H30N2S2. The van der Waals surface area contributed by atoms with Crippen molar-refractivity contribution in [3.63, 3.8) is 0 Å². The Balaban J connectivity index is 1.12. The molecule has 6 rings (SSSR count). The van der Waals surface area contributed by atoms with Crippen LogP contribution in [0.15, 0.2) is 94.7 Å². The molecule has 184 valence electrons. The van der Waals surface area contributed by atoms with Crippen molar-refractivity contribution in [2.75, 3.05) is 11.5 Å². The minimum absolute atomic E-state index is 1.09. The standard InChI is InChI=1S/C33H30N2S2/c1-22-12-10-16-26-30(22)34-28-18-6-4-14-24(28)32(26)36-20-8-3-9-21-37-33-25-15-5-7-19-29(25)35-31-23(2)13-11-17-27(31)33/h4-7,10-19H,3,8-9,20-21H2,1-2H3. The maximum atomic E-state index is 4.96. The summed E-state index contributed by atoms with van der Waals surface area (Å²) in [6, 6.07) is 30.2. The average Bonchev–Trinajstić information content (AvgIpc) is 2.92. The number of pyridine rings is 2. The second kappa shape index (κ2) is 10.7. The van der Waals surface area contributed by atoms with Gasteiger partial charge in [-0.1, -0.05) is 79.2 Å². The van der Waals surface area contributed by atoms with E-state index in [1.807, 2.05) is 23.5 Å². The number of fused-ring (bicyclic) bond motifs is 4. The normalized spacial score (nSPS) is 11.7. The molecule has 0 bridgehead atoms. The highest BCUT2D eigenvalue weighted by Gasteiger charge is 2.12. The number of unbranched alkanes of at least 4 members (excludes halogenated alkanes) is 2. The van der Waals surface area contributed by atoms with Gasteiger partial charge in [0.1, 0.15) is 0 Å². The monoisotopic (exact) mass is 518 g/mol. The topological polar surface area (TPSA) is 25.8 Å². The van der Waals surface area contributed by atoms with Gasteiger partial charge in [0.05, 0.1) is 22.1 Å². The third-order valence-electron chi connectivity index (χ3n) is 7.01. The van der Waals surface area contributed by atoms with Crippen molar-refractivity contribution in [2.24, 2.45) is 0 Å². The maximum absolute atomic E-state index is 4.96. The number of thioether (sulfide) groups is 2. The molecule has 0 amide bonds. The molecule has 0 saturated carbocycles. The molecule has 4 aromatic carbocycles. The minimum atomic E-state index is 1.09. The van der Waals surface area contributed by atoms with E-state index < -0.39 is 0 Å². The Morgan fingerprint density at radius 2 is 0.919 bits per heavy atom. The van der Waals surface area contributed by atoms with Crippen molar-refractivity contribution in [3.05, 3.63) is 96.1 Å². The summed E-state index contributed by atoms with van der Waals surface area (Å²) in [5.41, 5.74) is 6.94. The molecule has 37 heavy (non-hydrogen) atoms. The summed E-state index contributed by atoms with van der Waals surface area (Å²) in [6.45, 7) is 4.32. The van der Waals surface area contributed by atoms with E-state index in [4.69, 9.17) is 9.97 Å². The van der Waals surface area contributed by atoms with Crippen molar-refractivity contribution in [3.8, 4) is 0 Å². The van der Waals surface area contributed by atoms with Gasteiger partial charge in [-0.2, -0.15) is 0 Å². The zero-order valence-electron chi connectivity index (χ0n) is 21.3. The fourth-order valence-electron chi connectivity index (χ4n) is 5.08. The number of nitrogens with zero attached hydrogens (tertiary/aromatic N) is 2. The second-order valence-corrected chi connectivity index (χ2v) is 11.8. The second-order valence-electron chi connectivity index (χ2n) is 9.62. The van der Waals surface area contributed by atoms with Crippen LogP contribution in [0.2, 0.25) is 0 Å². The molecular weight excluding hydrogens is 489 g/mol. The number of benzene rings is 4. The van der Waals surface area contributed by atoms with Gasteiger partial charge < -0.3 is 0 Å². The van der Waals surface area contributed by atoms with Crippen molar-refractivity contribution in [1.29, 1.82) is 0 Å². The van der Waals surface area contributed by atoms with Crippen LogP contribution >= 0.6 is 23.5 Å². The Kier molecular flexibility index (Phi) is 7.04. The smallest absolute Gasteiger partial charge is 0.0750 e. The van der Waals surface area contributed by atoms with E-state index in [9.17, 15) is 0 Å². The number of para-hydroxylation sites is 4. The number of rotatable bonds is 8. The predicted octanol–water partition coefficient (Wildman–Crippen LogP) is 9.76. The summed E-state index contributed by atoms with van der Waals surface area (Å²) >= 11 is 3.99. The van der Waals surface area contributed by atoms with Gasteiger partial charge in [0.15, 0.2) is 0 Å². The van der Waals surface area contributed by atoms with E-state index in [0.717, 1.165) is 33.6 Å². The molecule has 0 unspecified atom stereocenters. The predicted molar refractivity (Wildman–Crippen MR) is 163 cm³/mol. The van der Waals surface area contributed by atoms with Crippen molar-refractivity contribution in [1.82, 2.24) is 9.97 Å². The first-order valence-electron chi connectivity index (χ1n) is 13.0. The summed E-state index contributed by atoms with van der Waals surface area (Å²) in [7, 11) is 0. The van der Waals surface area contributed by atoms with Gasteiger partial charge in [-0.25, -0.2) is 9.97 Å². The molecule has 0 aliphatic heterocycles. The lowest BCUT2D eigenvalue weighted by Crippen LogP contribution is -1.92. The Labute approximate surface area is 226 Å². The van der Waals surface area contributed by atoms with E-state index in [-0.39, 0.29) is 0 Å². The summed E-state index contributed by atoms with van der Waals surface area (Å²) in [4.78, 5) is 12.7. The summed E-state index contributed by atoms with van der Waals surface area (Å²) in [5, 5.41) is 5.11. The van der Waals surface area contributed by atoms with Crippen LogP contribution in [0.5, 0.6) is 0 Å². The van der Waals surface area contributed by atoms with E-state index in [1.165, 1.54) is 61.7 Å². The zero-order valence-corrected chi connectivity index (χ0v) is 23.0. The van der Waals surface area contributed by atoms with Gasteiger partial charge in [0.25, 0.3) is 0 Å². The molecule has 4 heteroatoms. The highest BCUT2D eigenvalue weighted by Crippen LogP contribution is 2.37. The van der Waals surface area contributed by atoms with Crippen LogP contribution in [0, 0.1) is 13.8 Å². The molecule has 0 radical (unpaired) electrons. The first-order valence-corrected chi connectivity index (χ1v) is 15.0. The lowest BCUT2D eigenvalue weighted by atomic mass is 10.1. The fourth-order valence-corrected chi connectivity index (χ4v) is 7.48. The lowest BCUT2D eigenvalue weighted by Gasteiger charge is -2.12. The van der Waals surface area contributed by atoms with E-state index in [1.54, 1.807) is 0 Å². The largest absolute Gasteiger partial charge is 0.247 e. The van der Waals surface area contributed by atoms with E-state index >= 15 is 0 Å². The number of hydrogen-bond acceptors (Lipinski definition) is 4. The molecule has 2 nitrogen and oxygen atoms in total. The molecule has 0 aliphatic rings. The third-order valence-corrected chi connectivity index (χ3v) is 9.45. The van der Waals surface area contributed by atoms with Crippen LogP contribution in [0.4, 0.5) is 0 Å². The third kappa shape index (κ3) is 4.81. The van der Waals surface area contributed by atoms with Gasteiger partial charge in [-0.3, -0.25) is 0 Å². The lowest BCUT2D eigenvalue weighted by molar-refractivity contribution is 0.786. The summed E-state index contributed by atoms with van der Waals surface area (Å²) in [5.74, 6) is 2.25. The summed E-state index contributed by atoms with van der Waals surface area (Å²) in [6.07, 6.45) is 3.66. The fraction of sp³-hybridized carbons (Fsp3) is 0.212. The van der Waals surface area contributed by atoms with Crippen LogP contribution < -0.4 is 0 Å². The van der Waals surface area contributed by atoms with Crippen LogP contribution in [0.25, 0.3) is 43.6 Å². The van der Waals surface area contributed by atoms with Crippen LogP contribution in [0.1, 0.15) is 30.4 Å². The maximum Gasteiger partial charge on any atom is 0.0750 e. The molecule has 0 spiro atoms. The Bertz CT molecular complexity index is 1610. The first-order chi connectivity index (χ1) is 18.2. The molecule has 0 saturated heterocycles. The first kappa shape index (κ1) is 24.3. The highest BCUT2D eigenvalue weighted by atomic mass is 32.2. The Morgan fingerprint density at radius 1 is 0.486 bits per heavy atom. The van der Waals surface area contributed by atoms with Crippen molar-refractivity contribution < 1.29 is 0 Å².